The molecule has 2 aromatic carbocycles. The second kappa shape index (κ2) is 7.16. The van der Waals surface area contributed by atoms with E-state index in [-0.39, 0.29) is 0 Å². The fourth-order valence-electron chi connectivity index (χ4n) is 2.31. The lowest BCUT2D eigenvalue weighted by Crippen LogP contribution is -2.03. The number of carbonyl (C=O) groups is 1. The molecule has 0 radical (unpaired) electrons. The molecule has 3 nitrogen and oxygen atoms in total. The van der Waals surface area contributed by atoms with Crippen LogP contribution in [0.3, 0.4) is 0 Å². The van der Waals surface area contributed by atoms with E-state index in [0.29, 0.717) is 20.8 Å². The molecule has 0 atom stereocenters. The second-order valence-electron chi connectivity index (χ2n) is 5.16. The predicted molar refractivity (Wildman–Crippen MR) is 101 cm³/mol. The molecule has 24 heavy (non-hydrogen) atoms. The number of hydrogen-bond donors (Lipinski definition) is 0. The summed E-state index contributed by atoms with van der Waals surface area (Å²) in [7, 11) is 0. The van der Waals surface area contributed by atoms with Crippen LogP contribution in [0, 0.1) is 0 Å². The van der Waals surface area contributed by atoms with Crippen LogP contribution in [-0.4, -0.2) is 11.0 Å². The van der Waals surface area contributed by atoms with Crippen molar-refractivity contribution in [1.29, 1.82) is 0 Å². The standard InChI is InChI=1S/C19H13BrClNO2/c1-12(23)24-19-14(10-15(21)11-17(19)20)7-9-16-8-6-13-4-2-3-5-18(13)22-16/h2-11H,1H3. The lowest BCUT2D eigenvalue weighted by molar-refractivity contribution is -0.131. The summed E-state index contributed by atoms with van der Waals surface area (Å²) < 4.78 is 5.90. The molecule has 5 heteroatoms. The van der Waals surface area contributed by atoms with Gasteiger partial charge < -0.3 is 4.74 Å². The van der Waals surface area contributed by atoms with Crippen LogP contribution in [0.1, 0.15) is 18.2 Å². The number of rotatable bonds is 3. The lowest BCUT2D eigenvalue weighted by atomic mass is 10.1. The first-order chi connectivity index (χ1) is 11.5. The molecule has 3 rings (SSSR count). The topological polar surface area (TPSA) is 39.2 Å². The predicted octanol–water partition coefficient (Wildman–Crippen LogP) is 5.75. The molecule has 0 aliphatic rings. The van der Waals surface area contributed by atoms with Crippen LogP contribution in [-0.2, 0) is 4.79 Å². The van der Waals surface area contributed by atoms with Gasteiger partial charge in [-0.25, -0.2) is 4.98 Å². The number of hydrogen-bond acceptors (Lipinski definition) is 3. The SMILES string of the molecule is CC(=O)Oc1c(Br)cc(Cl)cc1C=Cc1ccc2ccccc2n1. The van der Waals surface area contributed by atoms with Crippen molar-refractivity contribution in [2.45, 2.75) is 6.92 Å². The van der Waals surface area contributed by atoms with Crippen molar-refractivity contribution >= 4 is 56.6 Å². The zero-order chi connectivity index (χ0) is 17.1. The molecule has 0 N–H and O–H groups in total. The summed E-state index contributed by atoms with van der Waals surface area (Å²) in [4.78, 5) is 15.9. The third-order valence-corrected chi connectivity index (χ3v) is 4.14. The Kier molecular flexibility index (Phi) is 4.97. The monoisotopic (exact) mass is 401 g/mol. The highest BCUT2D eigenvalue weighted by Crippen LogP contribution is 2.34. The molecule has 120 valence electrons. The minimum atomic E-state index is -0.392. The van der Waals surface area contributed by atoms with Crippen LogP contribution in [0.25, 0.3) is 23.1 Å². The van der Waals surface area contributed by atoms with Crippen LogP contribution in [0.15, 0.2) is 53.0 Å². The van der Waals surface area contributed by atoms with Gasteiger partial charge in [0.05, 0.1) is 15.7 Å². The highest BCUT2D eigenvalue weighted by Gasteiger charge is 2.10. The van der Waals surface area contributed by atoms with Crippen molar-refractivity contribution in [3.05, 3.63) is 69.3 Å². The maximum absolute atomic E-state index is 11.3. The Morgan fingerprint density at radius 1 is 1.17 bits per heavy atom. The molecule has 1 aromatic heterocycles. The number of para-hydroxylation sites is 1. The molecule has 0 spiro atoms. The zero-order valence-electron chi connectivity index (χ0n) is 12.8. The van der Waals surface area contributed by atoms with Crippen LogP contribution < -0.4 is 4.74 Å². The fraction of sp³-hybridized carbons (Fsp3) is 0.0526. The van der Waals surface area contributed by atoms with Crippen molar-refractivity contribution in [2.24, 2.45) is 0 Å². The summed E-state index contributed by atoms with van der Waals surface area (Å²) in [6, 6.07) is 15.3. The van der Waals surface area contributed by atoms with Gasteiger partial charge in [0.15, 0.2) is 5.75 Å². The zero-order valence-corrected chi connectivity index (χ0v) is 15.1. The molecule has 0 saturated carbocycles. The maximum atomic E-state index is 11.3. The highest BCUT2D eigenvalue weighted by molar-refractivity contribution is 9.10. The number of carbonyl (C=O) groups excluding carboxylic acids is 1. The van der Waals surface area contributed by atoms with E-state index in [1.807, 2.05) is 48.6 Å². The average Bonchev–Trinajstić information content (AvgIpc) is 2.55. The number of ether oxygens (including phenoxy) is 1. The van der Waals surface area contributed by atoms with Crippen molar-refractivity contribution in [1.82, 2.24) is 4.98 Å². The molecule has 1 heterocycles. The van der Waals surface area contributed by atoms with Gasteiger partial charge in [-0.15, -0.1) is 0 Å². The Hall–Kier alpha value is -2.17. The Labute approximate surface area is 153 Å². The quantitative estimate of drug-likeness (QED) is 0.414. The number of halogens is 2. The van der Waals surface area contributed by atoms with Gasteiger partial charge in [0.25, 0.3) is 0 Å². The smallest absolute Gasteiger partial charge is 0.308 e. The van der Waals surface area contributed by atoms with Crippen molar-refractivity contribution in [3.8, 4) is 5.75 Å². The largest absolute Gasteiger partial charge is 0.425 e. The van der Waals surface area contributed by atoms with E-state index < -0.39 is 5.97 Å². The van der Waals surface area contributed by atoms with Crippen LogP contribution in [0.4, 0.5) is 0 Å². The van der Waals surface area contributed by atoms with Gasteiger partial charge in [-0.3, -0.25) is 4.79 Å². The first-order valence-electron chi connectivity index (χ1n) is 7.24. The highest BCUT2D eigenvalue weighted by atomic mass is 79.9. The van der Waals surface area contributed by atoms with E-state index >= 15 is 0 Å². The van der Waals surface area contributed by atoms with Crippen LogP contribution in [0.5, 0.6) is 5.75 Å². The number of benzene rings is 2. The van der Waals surface area contributed by atoms with E-state index in [0.717, 1.165) is 16.6 Å². The summed E-state index contributed by atoms with van der Waals surface area (Å²) in [5.74, 6) is 0.0421. The molecule has 0 aliphatic carbocycles. The van der Waals surface area contributed by atoms with Gasteiger partial charge >= 0.3 is 5.97 Å². The Bertz CT molecular complexity index is 953. The Balaban J connectivity index is 1.99. The molecule has 0 unspecified atom stereocenters. The van der Waals surface area contributed by atoms with Crippen molar-refractivity contribution in [3.63, 3.8) is 0 Å². The van der Waals surface area contributed by atoms with Gasteiger partial charge in [-0.1, -0.05) is 35.9 Å². The van der Waals surface area contributed by atoms with E-state index in [4.69, 9.17) is 16.3 Å². The summed E-state index contributed by atoms with van der Waals surface area (Å²) in [6.45, 7) is 1.36. The molecule has 3 aromatic rings. The summed E-state index contributed by atoms with van der Waals surface area (Å²) in [5, 5.41) is 1.63. The lowest BCUT2D eigenvalue weighted by Gasteiger charge is -2.09. The van der Waals surface area contributed by atoms with Gasteiger partial charge in [0.1, 0.15) is 0 Å². The molecule has 0 fully saturated rings. The summed E-state index contributed by atoms with van der Waals surface area (Å²) in [6.07, 6.45) is 3.68. The molecule has 0 bridgehead atoms. The Morgan fingerprint density at radius 3 is 2.75 bits per heavy atom. The minimum absolute atomic E-state index is 0.392. The first-order valence-corrected chi connectivity index (χ1v) is 8.41. The molecule has 0 saturated heterocycles. The van der Waals surface area contributed by atoms with Gasteiger partial charge in [-0.05, 0) is 52.3 Å². The van der Waals surface area contributed by atoms with E-state index in [1.54, 1.807) is 12.1 Å². The maximum Gasteiger partial charge on any atom is 0.308 e. The number of esters is 1. The minimum Gasteiger partial charge on any atom is -0.425 e. The van der Waals surface area contributed by atoms with Gasteiger partial charge in [0.2, 0.25) is 0 Å². The van der Waals surface area contributed by atoms with E-state index in [2.05, 4.69) is 20.9 Å². The van der Waals surface area contributed by atoms with E-state index in [9.17, 15) is 4.79 Å². The average molecular weight is 403 g/mol. The summed E-state index contributed by atoms with van der Waals surface area (Å²) >= 11 is 9.47. The molecular formula is C19H13BrClNO2. The first kappa shape index (κ1) is 16.7. The number of pyridine rings is 1. The van der Waals surface area contributed by atoms with Crippen LogP contribution >= 0.6 is 27.5 Å². The van der Waals surface area contributed by atoms with Crippen molar-refractivity contribution < 1.29 is 9.53 Å². The summed E-state index contributed by atoms with van der Waals surface area (Å²) in [5.41, 5.74) is 2.42. The Morgan fingerprint density at radius 2 is 1.96 bits per heavy atom. The van der Waals surface area contributed by atoms with Crippen LogP contribution in [0.2, 0.25) is 5.02 Å². The molecule has 0 amide bonds. The molecule has 0 aliphatic heterocycles. The van der Waals surface area contributed by atoms with E-state index in [1.165, 1.54) is 6.92 Å². The number of fused-ring (bicyclic) bond motifs is 1. The van der Waals surface area contributed by atoms with Gasteiger partial charge in [-0.2, -0.15) is 0 Å². The second-order valence-corrected chi connectivity index (χ2v) is 6.45. The fourth-order valence-corrected chi connectivity index (χ4v) is 3.22. The number of aromatic nitrogens is 1. The van der Waals surface area contributed by atoms with Crippen molar-refractivity contribution in [2.75, 3.05) is 0 Å². The normalized spacial score (nSPS) is 11.1. The third-order valence-electron chi connectivity index (χ3n) is 3.34. The molecular weight excluding hydrogens is 390 g/mol. The van der Waals surface area contributed by atoms with Gasteiger partial charge in [0, 0.05) is 22.9 Å². The third kappa shape index (κ3) is 3.83. The number of nitrogens with zero attached hydrogens (tertiary/aromatic N) is 1.